The molecular formula is C11H14O. The minimum atomic E-state index is 0.392. The average molecular weight is 162 g/mol. The highest BCUT2D eigenvalue weighted by Gasteiger charge is 2.24. The Bertz CT molecular complexity index is 257. The minimum absolute atomic E-state index is 0.392. The Morgan fingerprint density at radius 3 is 2.75 bits per heavy atom. The molecule has 0 aliphatic carbocycles. The van der Waals surface area contributed by atoms with Crippen molar-refractivity contribution in [3.05, 3.63) is 35.4 Å². The highest BCUT2D eigenvalue weighted by Crippen LogP contribution is 2.31. The van der Waals surface area contributed by atoms with Crippen LogP contribution < -0.4 is 0 Å². The molecule has 1 aliphatic rings. The van der Waals surface area contributed by atoms with Gasteiger partial charge in [0.2, 0.25) is 0 Å². The van der Waals surface area contributed by atoms with Gasteiger partial charge in [-0.05, 0) is 17.0 Å². The van der Waals surface area contributed by atoms with Gasteiger partial charge in [-0.1, -0.05) is 38.1 Å². The summed E-state index contributed by atoms with van der Waals surface area (Å²) >= 11 is 0. The fourth-order valence-electron chi connectivity index (χ4n) is 1.36. The second kappa shape index (κ2) is 2.91. The fourth-order valence-corrected chi connectivity index (χ4v) is 1.36. The lowest BCUT2D eigenvalue weighted by Gasteiger charge is -2.05. The third-order valence-electron chi connectivity index (χ3n) is 2.28. The second-order valence-electron chi connectivity index (χ2n) is 3.65. The first-order valence-electron chi connectivity index (χ1n) is 4.49. The molecule has 0 amide bonds. The summed E-state index contributed by atoms with van der Waals surface area (Å²) in [5, 5.41) is 0. The van der Waals surface area contributed by atoms with Crippen LogP contribution in [0.3, 0.4) is 0 Å². The van der Waals surface area contributed by atoms with E-state index in [1.165, 1.54) is 11.1 Å². The van der Waals surface area contributed by atoms with Crippen LogP contribution in [0, 0.1) is 0 Å². The Hall–Kier alpha value is -0.820. The van der Waals surface area contributed by atoms with Crippen molar-refractivity contribution in [2.45, 2.75) is 25.9 Å². The van der Waals surface area contributed by atoms with E-state index in [1.54, 1.807) is 0 Å². The van der Waals surface area contributed by atoms with Crippen molar-refractivity contribution in [1.29, 1.82) is 0 Å². The van der Waals surface area contributed by atoms with E-state index < -0.39 is 0 Å². The summed E-state index contributed by atoms with van der Waals surface area (Å²) in [4.78, 5) is 0. The maximum atomic E-state index is 5.23. The molecule has 0 N–H and O–H groups in total. The smallest absolute Gasteiger partial charge is 0.106 e. The highest BCUT2D eigenvalue weighted by molar-refractivity contribution is 5.28. The van der Waals surface area contributed by atoms with E-state index >= 15 is 0 Å². The van der Waals surface area contributed by atoms with Gasteiger partial charge in [-0.25, -0.2) is 0 Å². The first-order chi connectivity index (χ1) is 5.77. The maximum Gasteiger partial charge on any atom is 0.106 e. The van der Waals surface area contributed by atoms with Crippen molar-refractivity contribution in [2.24, 2.45) is 0 Å². The van der Waals surface area contributed by atoms with Gasteiger partial charge in [0.15, 0.2) is 0 Å². The third-order valence-corrected chi connectivity index (χ3v) is 2.28. The van der Waals surface area contributed by atoms with E-state index in [0.29, 0.717) is 12.0 Å². The first-order valence-corrected chi connectivity index (χ1v) is 4.49. The molecule has 0 saturated carbocycles. The highest BCUT2D eigenvalue weighted by atomic mass is 16.6. The Morgan fingerprint density at radius 2 is 2.17 bits per heavy atom. The van der Waals surface area contributed by atoms with E-state index in [1.807, 2.05) is 0 Å². The number of hydrogen-bond donors (Lipinski definition) is 0. The van der Waals surface area contributed by atoms with Crippen LogP contribution in [0.2, 0.25) is 0 Å². The molecule has 1 saturated heterocycles. The van der Waals surface area contributed by atoms with Crippen LogP contribution in [0.1, 0.15) is 37.0 Å². The van der Waals surface area contributed by atoms with E-state index in [0.717, 1.165) is 6.61 Å². The first kappa shape index (κ1) is 7.81. The van der Waals surface area contributed by atoms with Crippen LogP contribution in [0.4, 0.5) is 0 Å². The molecule has 2 rings (SSSR count). The molecule has 1 heteroatoms. The lowest BCUT2D eigenvalue weighted by Crippen LogP contribution is -1.89. The van der Waals surface area contributed by atoms with Gasteiger partial charge in [-0.3, -0.25) is 0 Å². The summed E-state index contributed by atoms with van der Waals surface area (Å²) < 4.78 is 5.23. The zero-order chi connectivity index (χ0) is 8.55. The molecule has 1 aliphatic heterocycles. The molecule has 64 valence electrons. The van der Waals surface area contributed by atoms with Crippen molar-refractivity contribution in [1.82, 2.24) is 0 Å². The van der Waals surface area contributed by atoms with Crippen molar-refractivity contribution in [3.8, 4) is 0 Å². The summed E-state index contributed by atoms with van der Waals surface area (Å²) in [5.74, 6) is 0.615. The molecule has 1 atom stereocenters. The minimum Gasteiger partial charge on any atom is -0.368 e. The predicted molar refractivity (Wildman–Crippen MR) is 49.2 cm³/mol. The van der Waals surface area contributed by atoms with Gasteiger partial charge in [0.05, 0.1) is 6.61 Å². The van der Waals surface area contributed by atoms with Crippen molar-refractivity contribution in [3.63, 3.8) is 0 Å². The average Bonchev–Trinajstić information content (AvgIpc) is 2.87. The van der Waals surface area contributed by atoms with E-state index in [-0.39, 0.29) is 0 Å². The lowest BCUT2D eigenvalue weighted by molar-refractivity contribution is 0.415. The van der Waals surface area contributed by atoms with Gasteiger partial charge in [0.25, 0.3) is 0 Å². The SMILES string of the molecule is CC(C)c1cccc([C@H]2CO2)c1. The van der Waals surface area contributed by atoms with Crippen LogP contribution >= 0.6 is 0 Å². The van der Waals surface area contributed by atoms with Gasteiger partial charge in [0.1, 0.15) is 6.10 Å². The predicted octanol–water partition coefficient (Wildman–Crippen LogP) is 2.88. The molecule has 0 aromatic heterocycles. The molecule has 1 aromatic carbocycles. The summed E-state index contributed by atoms with van der Waals surface area (Å²) in [7, 11) is 0. The Labute approximate surface area is 73.4 Å². The molecule has 0 bridgehead atoms. The monoisotopic (exact) mass is 162 g/mol. The number of benzene rings is 1. The Morgan fingerprint density at radius 1 is 1.42 bits per heavy atom. The molecule has 12 heavy (non-hydrogen) atoms. The summed E-state index contributed by atoms with van der Waals surface area (Å²) in [6.07, 6.45) is 0.392. The summed E-state index contributed by atoms with van der Waals surface area (Å²) in [6, 6.07) is 8.69. The molecular weight excluding hydrogens is 148 g/mol. The summed E-state index contributed by atoms with van der Waals surface area (Å²) in [6.45, 7) is 5.33. The van der Waals surface area contributed by atoms with Gasteiger partial charge in [-0.2, -0.15) is 0 Å². The van der Waals surface area contributed by atoms with Crippen molar-refractivity contribution >= 4 is 0 Å². The van der Waals surface area contributed by atoms with Crippen LogP contribution in [0.5, 0.6) is 0 Å². The molecule has 1 heterocycles. The van der Waals surface area contributed by atoms with Crippen LogP contribution in [-0.4, -0.2) is 6.61 Å². The van der Waals surface area contributed by atoms with E-state index in [2.05, 4.69) is 38.1 Å². The Kier molecular flexibility index (Phi) is 1.89. The molecule has 0 unspecified atom stereocenters. The van der Waals surface area contributed by atoms with Crippen LogP contribution in [0.25, 0.3) is 0 Å². The standard InChI is InChI=1S/C11H14O/c1-8(2)9-4-3-5-10(6-9)11-7-12-11/h3-6,8,11H,7H2,1-2H3/t11-/m1/s1. The zero-order valence-corrected chi connectivity index (χ0v) is 7.58. The normalized spacial score (nSPS) is 21.4. The number of epoxide rings is 1. The van der Waals surface area contributed by atoms with E-state index in [9.17, 15) is 0 Å². The zero-order valence-electron chi connectivity index (χ0n) is 7.58. The molecule has 1 nitrogen and oxygen atoms in total. The van der Waals surface area contributed by atoms with Crippen LogP contribution in [-0.2, 0) is 4.74 Å². The van der Waals surface area contributed by atoms with E-state index in [4.69, 9.17) is 4.74 Å². The number of rotatable bonds is 2. The van der Waals surface area contributed by atoms with Gasteiger partial charge in [-0.15, -0.1) is 0 Å². The van der Waals surface area contributed by atoms with Crippen molar-refractivity contribution < 1.29 is 4.74 Å². The molecule has 0 spiro atoms. The molecule has 0 radical (unpaired) electrons. The number of hydrogen-bond acceptors (Lipinski definition) is 1. The maximum absolute atomic E-state index is 5.23. The summed E-state index contributed by atoms with van der Waals surface area (Å²) in [5.41, 5.74) is 2.74. The van der Waals surface area contributed by atoms with Gasteiger partial charge in [0, 0.05) is 0 Å². The number of ether oxygens (including phenoxy) is 1. The molecule has 1 aromatic rings. The largest absolute Gasteiger partial charge is 0.368 e. The topological polar surface area (TPSA) is 12.5 Å². The Balaban J connectivity index is 2.26. The lowest BCUT2D eigenvalue weighted by atomic mass is 10.00. The van der Waals surface area contributed by atoms with Crippen LogP contribution in [0.15, 0.2) is 24.3 Å². The second-order valence-corrected chi connectivity index (χ2v) is 3.65. The molecule has 1 fully saturated rings. The fraction of sp³-hybridized carbons (Fsp3) is 0.455. The van der Waals surface area contributed by atoms with Crippen molar-refractivity contribution in [2.75, 3.05) is 6.61 Å². The third kappa shape index (κ3) is 1.51. The van der Waals surface area contributed by atoms with Gasteiger partial charge >= 0.3 is 0 Å². The van der Waals surface area contributed by atoms with Gasteiger partial charge < -0.3 is 4.74 Å². The quantitative estimate of drug-likeness (QED) is 0.609.